The fourth-order valence-corrected chi connectivity index (χ4v) is 3.78. The molecule has 2 saturated heterocycles. The molecule has 0 amide bonds. The fourth-order valence-electron chi connectivity index (χ4n) is 2.97. The number of aromatic nitrogens is 1. The maximum atomic E-state index is 11.5. The lowest BCUT2D eigenvalue weighted by molar-refractivity contribution is -0.0415. The molecular weight excluding hydrogens is 290 g/mol. The van der Waals surface area contributed by atoms with Crippen molar-refractivity contribution in [1.82, 2.24) is 9.88 Å². The lowest BCUT2D eigenvalue weighted by Crippen LogP contribution is -2.48. The topological polar surface area (TPSA) is 63.7 Å². The lowest BCUT2D eigenvalue weighted by Gasteiger charge is -2.35. The smallest absolute Gasteiger partial charge is 0.357 e. The number of aryl methyl sites for hydroxylation is 1. The van der Waals surface area contributed by atoms with Crippen LogP contribution in [-0.4, -0.2) is 61.3 Å². The van der Waals surface area contributed by atoms with E-state index in [9.17, 15) is 4.79 Å². The van der Waals surface area contributed by atoms with Crippen molar-refractivity contribution in [1.29, 1.82) is 0 Å². The highest BCUT2D eigenvalue weighted by molar-refractivity contribution is 7.15. The van der Waals surface area contributed by atoms with Gasteiger partial charge in [0.05, 0.1) is 19.8 Å². The Hall–Kier alpha value is -1.18. The number of thiazole rings is 1. The Labute approximate surface area is 128 Å². The third kappa shape index (κ3) is 3.20. The molecule has 2 aliphatic heterocycles. The molecule has 7 heteroatoms. The number of carbonyl (C=O) groups is 1. The van der Waals surface area contributed by atoms with Crippen LogP contribution < -0.4 is 5.32 Å². The summed E-state index contributed by atoms with van der Waals surface area (Å²) in [6.07, 6.45) is 2.72. The standard InChI is InChI=1S/C14H21N3O3S/c1-9-12(13(18)19-2)16-14(21-9)15-6-11-7-17-5-3-4-10(17)8-20-11/h10-11H,3-8H2,1-2H3,(H,15,16). The molecule has 2 unspecified atom stereocenters. The van der Waals surface area contributed by atoms with Crippen LogP contribution in [0.1, 0.15) is 28.2 Å². The van der Waals surface area contributed by atoms with Crippen molar-refractivity contribution in [2.24, 2.45) is 0 Å². The van der Waals surface area contributed by atoms with Gasteiger partial charge in [-0.3, -0.25) is 4.90 Å². The first-order chi connectivity index (χ1) is 10.2. The van der Waals surface area contributed by atoms with E-state index < -0.39 is 0 Å². The van der Waals surface area contributed by atoms with E-state index in [1.165, 1.54) is 37.8 Å². The minimum Gasteiger partial charge on any atom is -0.464 e. The summed E-state index contributed by atoms with van der Waals surface area (Å²) in [6.45, 7) is 5.59. The van der Waals surface area contributed by atoms with Gasteiger partial charge in [-0.25, -0.2) is 9.78 Å². The van der Waals surface area contributed by atoms with Crippen LogP contribution >= 0.6 is 11.3 Å². The summed E-state index contributed by atoms with van der Waals surface area (Å²) in [5.41, 5.74) is 0.397. The van der Waals surface area contributed by atoms with Gasteiger partial charge in [0.1, 0.15) is 0 Å². The zero-order valence-electron chi connectivity index (χ0n) is 12.4. The first-order valence-corrected chi connectivity index (χ1v) is 8.14. The van der Waals surface area contributed by atoms with Crippen molar-refractivity contribution >= 4 is 22.4 Å². The number of hydrogen-bond donors (Lipinski definition) is 1. The van der Waals surface area contributed by atoms with Crippen LogP contribution in [0, 0.1) is 6.92 Å². The van der Waals surface area contributed by atoms with Crippen molar-refractivity contribution in [2.45, 2.75) is 31.9 Å². The van der Waals surface area contributed by atoms with Gasteiger partial charge in [0.2, 0.25) is 0 Å². The molecule has 3 rings (SSSR count). The van der Waals surface area contributed by atoms with Gasteiger partial charge in [0.15, 0.2) is 10.8 Å². The molecule has 2 aliphatic rings. The van der Waals surface area contributed by atoms with Gasteiger partial charge in [-0.05, 0) is 26.3 Å². The predicted octanol–water partition coefficient (Wildman–Crippen LogP) is 1.51. The van der Waals surface area contributed by atoms with Crippen LogP contribution in [0.4, 0.5) is 5.13 Å². The quantitative estimate of drug-likeness (QED) is 0.851. The third-order valence-electron chi connectivity index (χ3n) is 4.12. The summed E-state index contributed by atoms with van der Waals surface area (Å²) in [5.74, 6) is -0.384. The lowest BCUT2D eigenvalue weighted by atomic mass is 10.2. The Morgan fingerprint density at radius 1 is 1.62 bits per heavy atom. The molecule has 0 aromatic carbocycles. The SMILES string of the molecule is COC(=O)c1nc(NCC2CN3CCCC3CO2)sc1C. The number of morpholine rings is 1. The maximum Gasteiger partial charge on any atom is 0.357 e. The molecule has 1 N–H and O–H groups in total. The highest BCUT2D eigenvalue weighted by atomic mass is 32.1. The van der Waals surface area contributed by atoms with Crippen LogP contribution in [0.2, 0.25) is 0 Å². The Bertz CT molecular complexity index is 520. The maximum absolute atomic E-state index is 11.5. The minimum absolute atomic E-state index is 0.185. The number of anilines is 1. The van der Waals surface area contributed by atoms with Crippen LogP contribution in [0.15, 0.2) is 0 Å². The van der Waals surface area contributed by atoms with E-state index in [2.05, 4.69) is 15.2 Å². The van der Waals surface area contributed by atoms with Crippen LogP contribution in [0.3, 0.4) is 0 Å². The van der Waals surface area contributed by atoms with E-state index in [-0.39, 0.29) is 12.1 Å². The molecule has 6 nitrogen and oxygen atoms in total. The number of fused-ring (bicyclic) bond motifs is 1. The molecule has 0 bridgehead atoms. The van der Waals surface area contributed by atoms with Gasteiger partial charge in [0, 0.05) is 24.0 Å². The van der Waals surface area contributed by atoms with Crippen molar-refractivity contribution in [3.8, 4) is 0 Å². The average molecular weight is 311 g/mol. The van der Waals surface area contributed by atoms with E-state index in [1.807, 2.05) is 6.92 Å². The Balaban J connectivity index is 1.54. The van der Waals surface area contributed by atoms with Gasteiger partial charge in [-0.15, -0.1) is 11.3 Å². The molecule has 1 aromatic heterocycles. The largest absolute Gasteiger partial charge is 0.464 e. The Morgan fingerprint density at radius 2 is 2.48 bits per heavy atom. The summed E-state index contributed by atoms with van der Waals surface area (Å²) in [5, 5.41) is 4.03. The second-order valence-electron chi connectivity index (χ2n) is 5.54. The van der Waals surface area contributed by atoms with Gasteiger partial charge in [0.25, 0.3) is 0 Å². The number of ether oxygens (including phenoxy) is 2. The normalized spacial score (nSPS) is 25.6. The highest BCUT2D eigenvalue weighted by Gasteiger charge is 2.32. The number of nitrogens with one attached hydrogen (secondary N) is 1. The van der Waals surface area contributed by atoms with Gasteiger partial charge in [-0.1, -0.05) is 0 Å². The predicted molar refractivity (Wildman–Crippen MR) is 81.0 cm³/mol. The molecule has 0 saturated carbocycles. The molecule has 3 heterocycles. The number of nitrogens with zero attached hydrogens (tertiary/aromatic N) is 2. The number of hydrogen-bond acceptors (Lipinski definition) is 7. The molecule has 116 valence electrons. The first-order valence-electron chi connectivity index (χ1n) is 7.32. The molecular formula is C14H21N3O3S. The molecule has 2 fully saturated rings. The Morgan fingerprint density at radius 3 is 3.29 bits per heavy atom. The van der Waals surface area contributed by atoms with Gasteiger partial charge >= 0.3 is 5.97 Å². The monoisotopic (exact) mass is 311 g/mol. The zero-order chi connectivity index (χ0) is 14.8. The summed E-state index contributed by atoms with van der Waals surface area (Å²) in [4.78, 5) is 19.2. The van der Waals surface area contributed by atoms with E-state index in [1.54, 1.807) is 0 Å². The van der Waals surface area contributed by atoms with Crippen LogP contribution in [0.5, 0.6) is 0 Å². The molecule has 0 radical (unpaired) electrons. The van der Waals surface area contributed by atoms with Gasteiger partial charge < -0.3 is 14.8 Å². The van der Waals surface area contributed by atoms with Crippen molar-refractivity contribution in [2.75, 3.05) is 38.7 Å². The van der Waals surface area contributed by atoms with E-state index in [4.69, 9.17) is 9.47 Å². The third-order valence-corrected chi connectivity index (χ3v) is 5.05. The van der Waals surface area contributed by atoms with E-state index in [0.717, 1.165) is 29.7 Å². The molecule has 2 atom stereocenters. The minimum atomic E-state index is -0.384. The average Bonchev–Trinajstić information content (AvgIpc) is 3.10. The van der Waals surface area contributed by atoms with Gasteiger partial charge in [-0.2, -0.15) is 0 Å². The van der Waals surface area contributed by atoms with Crippen molar-refractivity contribution in [3.05, 3.63) is 10.6 Å². The molecule has 1 aromatic rings. The first kappa shape index (κ1) is 14.7. The second kappa shape index (κ2) is 6.29. The van der Waals surface area contributed by atoms with Crippen LogP contribution in [0.25, 0.3) is 0 Å². The molecule has 21 heavy (non-hydrogen) atoms. The van der Waals surface area contributed by atoms with E-state index in [0.29, 0.717) is 11.7 Å². The summed E-state index contributed by atoms with van der Waals surface area (Å²) in [7, 11) is 1.37. The number of methoxy groups -OCH3 is 1. The summed E-state index contributed by atoms with van der Waals surface area (Å²) >= 11 is 1.47. The summed E-state index contributed by atoms with van der Waals surface area (Å²) in [6, 6.07) is 0.620. The number of esters is 1. The van der Waals surface area contributed by atoms with Crippen molar-refractivity contribution < 1.29 is 14.3 Å². The Kier molecular flexibility index (Phi) is 4.42. The molecule has 0 aliphatic carbocycles. The second-order valence-corrected chi connectivity index (χ2v) is 6.75. The number of rotatable bonds is 4. The van der Waals surface area contributed by atoms with E-state index >= 15 is 0 Å². The van der Waals surface area contributed by atoms with Crippen molar-refractivity contribution in [3.63, 3.8) is 0 Å². The fraction of sp³-hybridized carbons (Fsp3) is 0.714. The van der Waals surface area contributed by atoms with Crippen LogP contribution in [-0.2, 0) is 9.47 Å². The number of carbonyl (C=O) groups excluding carboxylic acids is 1. The molecule has 0 spiro atoms. The highest BCUT2D eigenvalue weighted by Crippen LogP contribution is 2.25. The zero-order valence-corrected chi connectivity index (χ0v) is 13.2. The summed E-state index contributed by atoms with van der Waals surface area (Å²) < 4.78 is 10.6.